The summed E-state index contributed by atoms with van der Waals surface area (Å²) in [5.74, 6) is 0.705. The van der Waals surface area contributed by atoms with Gasteiger partial charge in [0, 0.05) is 25.1 Å². The summed E-state index contributed by atoms with van der Waals surface area (Å²) < 4.78 is 19.1. The number of rotatable bonds is 3. The van der Waals surface area contributed by atoms with Crippen LogP contribution in [0.25, 0.3) is 0 Å². The molecule has 0 bridgehead atoms. The third kappa shape index (κ3) is 3.09. The second-order valence-corrected chi connectivity index (χ2v) is 4.32. The van der Waals surface area contributed by atoms with Crippen LogP contribution in [-0.2, 0) is 7.05 Å². The molecule has 19 heavy (non-hydrogen) atoms. The van der Waals surface area contributed by atoms with Crippen molar-refractivity contribution in [2.24, 2.45) is 7.05 Å². The molecule has 8 heteroatoms. The van der Waals surface area contributed by atoms with Gasteiger partial charge in [-0.1, -0.05) is 19.0 Å². The van der Waals surface area contributed by atoms with E-state index in [4.69, 9.17) is 4.52 Å². The van der Waals surface area contributed by atoms with E-state index in [-0.39, 0.29) is 17.6 Å². The number of aromatic nitrogens is 3. The number of aryl methyl sites for hydroxylation is 1. The standard InChI is InChI=1S/C11H14FN5O2/c1-6(2)7-4-10(16-19-7)14-11(18)13-9-5-8(12)17(3)15-9/h4-6H,1-3H3,(H2,13,14,15,16,18). The molecule has 0 aliphatic carbocycles. The van der Waals surface area contributed by atoms with E-state index >= 15 is 0 Å². The molecule has 0 saturated heterocycles. The molecule has 0 aliphatic heterocycles. The number of nitrogens with zero attached hydrogens (tertiary/aromatic N) is 3. The molecule has 0 aromatic carbocycles. The van der Waals surface area contributed by atoms with Crippen LogP contribution in [0, 0.1) is 5.95 Å². The first-order valence-corrected chi connectivity index (χ1v) is 5.70. The number of amides is 2. The van der Waals surface area contributed by atoms with Crippen molar-refractivity contribution in [2.75, 3.05) is 10.6 Å². The minimum absolute atomic E-state index is 0.116. The fourth-order valence-electron chi connectivity index (χ4n) is 1.39. The van der Waals surface area contributed by atoms with E-state index in [9.17, 15) is 9.18 Å². The van der Waals surface area contributed by atoms with E-state index in [2.05, 4.69) is 20.9 Å². The Kier molecular flexibility index (Phi) is 3.50. The summed E-state index contributed by atoms with van der Waals surface area (Å²) in [4.78, 5) is 11.6. The zero-order valence-corrected chi connectivity index (χ0v) is 10.8. The van der Waals surface area contributed by atoms with Crippen LogP contribution in [0.4, 0.5) is 20.8 Å². The van der Waals surface area contributed by atoms with Crippen LogP contribution in [0.3, 0.4) is 0 Å². The van der Waals surface area contributed by atoms with Crippen molar-refractivity contribution in [3.63, 3.8) is 0 Å². The van der Waals surface area contributed by atoms with Crippen molar-refractivity contribution in [3.8, 4) is 0 Å². The summed E-state index contributed by atoms with van der Waals surface area (Å²) in [7, 11) is 1.44. The molecule has 0 aliphatic rings. The van der Waals surface area contributed by atoms with Crippen molar-refractivity contribution >= 4 is 17.7 Å². The lowest BCUT2D eigenvalue weighted by molar-refractivity contribution is 0.261. The van der Waals surface area contributed by atoms with Crippen molar-refractivity contribution < 1.29 is 13.7 Å². The molecule has 7 nitrogen and oxygen atoms in total. The Morgan fingerprint density at radius 1 is 1.37 bits per heavy atom. The fraction of sp³-hybridized carbons (Fsp3) is 0.364. The van der Waals surface area contributed by atoms with Gasteiger partial charge in [0.15, 0.2) is 11.6 Å². The number of hydrogen-bond donors (Lipinski definition) is 2. The van der Waals surface area contributed by atoms with E-state index in [1.165, 1.54) is 7.05 Å². The maximum Gasteiger partial charge on any atom is 0.326 e. The van der Waals surface area contributed by atoms with Gasteiger partial charge in [0.05, 0.1) is 0 Å². The van der Waals surface area contributed by atoms with E-state index in [0.29, 0.717) is 5.76 Å². The minimum Gasteiger partial charge on any atom is -0.359 e. The van der Waals surface area contributed by atoms with E-state index in [0.717, 1.165) is 10.7 Å². The lowest BCUT2D eigenvalue weighted by Gasteiger charge is -2.00. The molecular weight excluding hydrogens is 253 g/mol. The van der Waals surface area contributed by atoms with Crippen LogP contribution in [0.5, 0.6) is 0 Å². The number of hydrogen-bond acceptors (Lipinski definition) is 4. The Morgan fingerprint density at radius 3 is 2.58 bits per heavy atom. The van der Waals surface area contributed by atoms with Gasteiger partial charge in [-0.2, -0.15) is 9.49 Å². The second kappa shape index (κ2) is 5.09. The largest absolute Gasteiger partial charge is 0.359 e. The predicted molar refractivity (Wildman–Crippen MR) is 66.4 cm³/mol. The van der Waals surface area contributed by atoms with Gasteiger partial charge in [-0.15, -0.1) is 0 Å². The average Bonchev–Trinajstić information content (AvgIpc) is 2.87. The van der Waals surface area contributed by atoms with Gasteiger partial charge in [0.25, 0.3) is 0 Å². The second-order valence-electron chi connectivity index (χ2n) is 4.32. The molecular formula is C11H14FN5O2. The Balaban J connectivity index is 1.97. The Hall–Kier alpha value is -2.38. The molecule has 0 unspecified atom stereocenters. The molecule has 2 amide bonds. The molecule has 0 spiro atoms. The average molecular weight is 267 g/mol. The molecule has 2 aromatic rings. The topological polar surface area (TPSA) is 85.0 Å². The minimum atomic E-state index is -0.568. The van der Waals surface area contributed by atoms with Crippen LogP contribution in [0.2, 0.25) is 0 Å². The molecule has 2 heterocycles. The summed E-state index contributed by atoms with van der Waals surface area (Å²) in [5, 5.41) is 12.3. The third-order valence-corrected chi connectivity index (χ3v) is 2.40. The lowest BCUT2D eigenvalue weighted by atomic mass is 10.2. The normalized spacial score (nSPS) is 10.8. The Bertz CT molecular complexity index is 570. The van der Waals surface area contributed by atoms with Gasteiger partial charge in [-0.05, 0) is 0 Å². The summed E-state index contributed by atoms with van der Waals surface area (Å²) >= 11 is 0. The van der Waals surface area contributed by atoms with Crippen molar-refractivity contribution in [1.29, 1.82) is 0 Å². The van der Waals surface area contributed by atoms with Crippen LogP contribution >= 0.6 is 0 Å². The van der Waals surface area contributed by atoms with Gasteiger partial charge < -0.3 is 4.52 Å². The van der Waals surface area contributed by atoms with Gasteiger partial charge in [-0.3, -0.25) is 10.6 Å². The van der Waals surface area contributed by atoms with Gasteiger partial charge >= 0.3 is 6.03 Å². The van der Waals surface area contributed by atoms with Crippen LogP contribution in [0.15, 0.2) is 16.7 Å². The highest BCUT2D eigenvalue weighted by Crippen LogP contribution is 2.17. The zero-order chi connectivity index (χ0) is 14.0. The van der Waals surface area contributed by atoms with Gasteiger partial charge in [-0.25, -0.2) is 9.48 Å². The summed E-state index contributed by atoms with van der Waals surface area (Å²) in [6, 6.07) is 2.17. The molecule has 2 aromatic heterocycles. The highest BCUT2D eigenvalue weighted by atomic mass is 19.1. The molecule has 2 N–H and O–H groups in total. The number of nitrogens with one attached hydrogen (secondary N) is 2. The van der Waals surface area contributed by atoms with E-state index in [1.54, 1.807) is 6.07 Å². The predicted octanol–water partition coefficient (Wildman–Crippen LogP) is 2.31. The summed E-state index contributed by atoms with van der Waals surface area (Å²) in [6.07, 6.45) is 0. The first kappa shape index (κ1) is 13.1. The third-order valence-electron chi connectivity index (χ3n) is 2.40. The summed E-state index contributed by atoms with van der Waals surface area (Å²) in [5.41, 5.74) is 0. The smallest absolute Gasteiger partial charge is 0.326 e. The zero-order valence-electron chi connectivity index (χ0n) is 10.8. The number of anilines is 2. The first-order valence-electron chi connectivity index (χ1n) is 5.70. The van der Waals surface area contributed by atoms with Gasteiger partial charge in [0.2, 0.25) is 5.95 Å². The number of carbonyl (C=O) groups excluding carboxylic acids is 1. The number of carbonyl (C=O) groups is 1. The molecule has 0 fully saturated rings. The monoisotopic (exact) mass is 267 g/mol. The SMILES string of the molecule is CC(C)c1cc(NC(=O)Nc2cc(F)n(C)n2)no1. The highest BCUT2D eigenvalue weighted by molar-refractivity contribution is 5.98. The van der Waals surface area contributed by atoms with Crippen LogP contribution in [-0.4, -0.2) is 21.0 Å². The molecule has 0 radical (unpaired) electrons. The van der Waals surface area contributed by atoms with Gasteiger partial charge in [0.1, 0.15) is 5.76 Å². The Labute approximate surface area is 108 Å². The quantitative estimate of drug-likeness (QED) is 0.893. The molecule has 102 valence electrons. The maximum absolute atomic E-state index is 13.0. The van der Waals surface area contributed by atoms with Crippen LogP contribution in [0.1, 0.15) is 25.5 Å². The highest BCUT2D eigenvalue weighted by Gasteiger charge is 2.12. The van der Waals surface area contributed by atoms with Crippen molar-refractivity contribution in [1.82, 2.24) is 14.9 Å². The molecule has 0 saturated carbocycles. The van der Waals surface area contributed by atoms with Crippen molar-refractivity contribution in [2.45, 2.75) is 19.8 Å². The first-order chi connectivity index (χ1) is 8.95. The molecule has 0 atom stereocenters. The van der Waals surface area contributed by atoms with Crippen molar-refractivity contribution in [3.05, 3.63) is 23.8 Å². The lowest BCUT2D eigenvalue weighted by Crippen LogP contribution is -2.19. The van der Waals surface area contributed by atoms with Crippen LogP contribution < -0.4 is 10.6 Å². The molecule has 2 rings (SSSR count). The number of halogens is 1. The number of urea groups is 1. The summed E-state index contributed by atoms with van der Waals surface area (Å²) in [6.45, 7) is 3.89. The van der Waals surface area contributed by atoms with E-state index in [1.807, 2.05) is 13.8 Å². The Morgan fingerprint density at radius 2 is 2.05 bits per heavy atom. The fourth-order valence-corrected chi connectivity index (χ4v) is 1.39. The van der Waals surface area contributed by atoms with E-state index < -0.39 is 12.0 Å². The maximum atomic E-state index is 13.0.